The van der Waals surface area contributed by atoms with Crippen molar-refractivity contribution in [2.24, 2.45) is 0 Å². The highest BCUT2D eigenvalue weighted by Crippen LogP contribution is 2.20. The summed E-state index contributed by atoms with van der Waals surface area (Å²) < 4.78 is 5.55. The number of halogens is 2. The fourth-order valence-electron chi connectivity index (χ4n) is 0.416. The van der Waals surface area contributed by atoms with Gasteiger partial charge in [-0.2, -0.15) is 0 Å². The first kappa shape index (κ1) is 10.9. The van der Waals surface area contributed by atoms with Crippen LogP contribution in [-0.2, 0) is 4.74 Å². The minimum absolute atomic E-state index is 0.0617. The van der Waals surface area contributed by atoms with E-state index in [-0.39, 0.29) is 5.60 Å². The van der Waals surface area contributed by atoms with Gasteiger partial charge in [-0.25, -0.2) is 0 Å². The Kier molecular flexibility index (Phi) is 5.16. The normalized spacial score (nSPS) is 15.3. The minimum atomic E-state index is -0.0617. The third kappa shape index (κ3) is 3.94. The largest absolute Gasteiger partial charge is 0.374 e. The van der Waals surface area contributed by atoms with Crippen LogP contribution in [0.3, 0.4) is 0 Å². The van der Waals surface area contributed by atoms with Gasteiger partial charge in [0, 0.05) is 10.2 Å². The second kappa shape index (κ2) is 4.73. The van der Waals surface area contributed by atoms with Gasteiger partial charge in [-0.05, 0) is 20.8 Å². The van der Waals surface area contributed by atoms with Crippen LogP contribution in [0.25, 0.3) is 0 Å². The molecule has 1 unspecified atom stereocenters. The van der Waals surface area contributed by atoms with Crippen LogP contribution in [-0.4, -0.2) is 22.4 Å². The smallest absolute Gasteiger partial charge is 0.0748 e. The molecular weight excluding hydrogens is 260 g/mol. The summed E-state index contributed by atoms with van der Waals surface area (Å²) in [6, 6.07) is 0. The van der Waals surface area contributed by atoms with Gasteiger partial charge in [0.2, 0.25) is 0 Å². The molecule has 0 aromatic carbocycles. The molecule has 0 rings (SSSR count). The van der Waals surface area contributed by atoms with E-state index in [2.05, 4.69) is 52.6 Å². The van der Waals surface area contributed by atoms with Crippen LogP contribution >= 0.6 is 31.9 Å². The predicted molar refractivity (Wildman–Crippen MR) is 52.2 cm³/mol. The second-order valence-electron chi connectivity index (χ2n) is 2.76. The molecule has 0 aliphatic carbocycles. The van der Waals surface area contributed by atoms with Crippen LogP contribution in [0, 0.1) is 0 Å². The maximum Gasteiger partial charge on any atom is 0.0748 e. The van der Waals surface area contributed by atoms with Gasteiger partial charge in [-0.1, -0.05) is 31.9 Å². The molecule has 0 fully saturated rings. The molecule has 0 heterocycles. The maximum absolute atomic E-state index is 5.55. The van der Waals surface area contributed by atoms with E-state index in [0.717, 1.165) is 11.9 Å². The average Bonchev–Trinajstić information content (AvgIpc) is 1.84. The molecule has 0 saturated heterocycles. The maximum atomic E-state index is 5.55. The highest BCUT2D eigenvalue weighted by molar-refractivity contribution is 9.09. The van der Waals surface area contributed by atoms with Crippen LogP contribution in [0.5, 0.6) is 0 Å². The molecule has 0 aliphatic heterocycles. The molecule has 0 saturated carbocycles. The monoisotopic (exact) mass is 272 g/mol. The van der Waals surface area contributed by atoms with E-state index in [4.69, 9.17) is 4.74 Å². The number of hydrogen-bond acceptors (Lipinski definition) is 1. The Labute approximate surface area is 79.8 Å². The standard InChI is InChI=1S/C7H14Br2O/c1-6(9)7(2,3)10-5-4-8/h6H,4-5H2,1-3H3. The molecule has 0 radical (unpaired) electrons. The van der Waals surface area contributed by atoms with E-state index in [0.29, 0.717) is 4.83 Å². The van der Waals surface area contributed by atoms with Crippen molar-refractivity contribution in [2.45, 2.75) is 31.2 Å². The molecule has 0 aromatic heterocycles. The zero-order valence-corrected chi connectivity index (χ0v) is 9.83. The van der Waals surface area contributed by atoms with Crippen molar-refractivity contribution < 1.29 is 4.74 Å². The van der Waals surface area contributed by atoms with E-state index in [1.54, 1.807) is 0 Å². The van der Waals surface area contributed by atoms with Gasteiger partial charge >= 0.3 is 0 Å². The van der Waals surface area contributed by atoms with E-state index in [1.807, 2.05) is 0 Å². The first-order chi connectivity index (χ1) is 4.50. The van der Waals surface area contributed by atoms with E-state index < -0.39 is 0 Å². The SMILES string of the molecule is CC(Br)C(C)(C)OCCBr. The molecule has 1 atom stereocenters. The third-order valence-electron chi connectivity index (χ3n) is 1.51. The summed E-state index contributed by atoms with van der Waals surface area (Å²) in [5, 5.41) is 0.899. The molecule has 0 spiro atoms. The van der Waals surface area contributed by atoms with Crippen molar-refractivity contribution >= 4 is 31.9 Å². The van der Waals surface area contributed by atoms with Crippen LogP contribution in [0.15, 0.2) is 0 Å². The van der Waals surface area contributed by atoms with Gasteiger partial charge in [0.25, 0.3) is 0 Å². The molecule has 0 bridgehead atoms. The Morgan fingerprint density at radius 3 is 2.30 bits per heavy atom. The summed E-state index contributed by atoms with van der Waals surface area (Å²) >= 11 is 6.80. The zero-order chi connectivity index (χ0) is 8.20. The first-order valence-corrected chi connectivity index (χ1v) is 5.38. The Morgan fingerprint density at radius 2 is 2.00 bits per heavy atom. The lowest BCUT2D eigenvalue weighted by atomic mass is 10.1. The van der Waals surface area contributed by atoms with Crippen molar-refractivity contribution in [1.82, 2.24) is 0 Å². The first-order valence-electron chi connectivity index (χ1n) is 3.34. The summed E-state index contributed by atoms with van der Waals surface area (Å²) in [4.78, 5) is 0.388. The van der Waals surface area contributed by atoms with Crippen molar-refractivity contribution in [3.63, 3.8) is 0 Å². The number of rotatable bonds is 4. The average molecular weight is 274 g/mol. The highest BCUT2D eigenvalue weighted by Gasteiger charge is 2.23. The summed E-state index contributed by atoms with van der Waals surface area (Å²) in [6.07, 6.45) is 0. The Hall–Kier alpha value is 0.920. The quantitative estimate of drug-likeness (QED) is 0.716. The van der Waals surface area contributed by atoms with Gasteiger partial charge < -0.3 is 4.74 Å². The van der Waals surface area contributed by atoms with Gasteiger partial charge in [-0.15, -0.1) is 0 Å². The third-order valence-corrected chi connectivity index (χ3v) is 2.94. The van der Waals surface area contributed by atoms with Gasteiger partial charge in [0.1, 0.15) is 0 Å². The molecule has 1 nitrogen and oxygen atoms in total. The van der Waals surface area contributed by atoms with E-state index in [1.165, 1.54) is 0 Å². The minimum Gasteiger partial charge on any atom is -0.374 e. The van der Waals surface area contributed by atoms with E-state index in [9.17, 15) is 0 Å². The predicted octanol–water partition coefficient (Wildman–Crippen LogP) is 2.96. The second-order valence-corrected chi connectivity index (χ2v) is 4.92. The molecule has 3 heteroatoms. The lowest BCUT2D eigenvalue weighted by molar-refractivity contribution is -0.00474. The zero-order valence-electron chi connectivity index (χ0n) is 6.66. The van der Waals surface area contributed by atoms with Crippen molar-refractivity contribution in [2.75, 3.05) is 11.9 Å². The molecule has 62 valence electrons. The van der Waals surface area contributed by atoms with Crippen molar-refractivity contribution in [1.29, 1.82) is 0 Å². The van der Waals surface area contributed by atoms with E-state index >= 15 is 0 Å². The van der Waals surface area contributed by atoms with Crippen LogP contribution in [0.1, 0.15) is 20.8 Å². The topological polar surface area (TPSA) is 9.23 Å². The van der Waals surface area contributed by atoms with Crippen LogP contribution in [0.2, 0.25) is 0 Å². The Balaban J connectivity index is 3.63. The van der Waals surface area contributed by atoms with Crippen LogP contribution < -0.4 is 0 Å². The molecular formula is C7H14Br2O. The summed E-state index contributed by atoms with van der Waals surface area (Å²) in [6.45, 7) is 7.02. The van der Waals surface area contributed by atoms with Crippen molar-refractivity contribution in [3.05, 3.63) is 0 Å². The number of alkyl halides is 2. The number of hydrogen-bond donors (Lipinski definition) is 0. The summed E-state index contributed by atoms with van der Waals surface area (Å²) in [7, 11) is 0. The molecule has 10 heavy (non-hydrogen) atoms. The van der Waals surface area contributed by atoms with Gasteiger partial charge in [0.05, 0.1) is 12.2 Å². The summed E-state index contributed by atoms with van der Waals surface area (Å²) in [5.74, 6) is 0. The lowest BCUT2D eigenvalue weighted by Crippen LogP contribution is -2.33. The summed E-state index contributed by atoms with van der Waals surface area (Å²) in [5.41, 5.74) is -0.0617. The van der Waals surface area contributed by atoms with Crippen molar-refractivity contribution in [3.8, 4) is 0 Å². The highest BCUT2D eigenvalue weighted by atomic mass is 79.9. The van der Waals surface area contributed by atoms with Crippen LogP contribution in [0.4, 0.5) is 0 Å². The van der Waals surface area contributed by atoms with Gasteiger partial charge in [-0.3, -0.25) is 0 Å². The Morgan fingerprint density at radius 1 is 1.50 bits per heavy atom. The molecule has 0 aliphatic rings. The number of ether oxygens (including phenoxy) is 1. The fraction of sp³-hybridized carbons (Fsp3) is 1.00. The molecule has 0 N–H and O–H groups in total. The van der Waals surface area contributed by atoms with Gasteiger partial charge in [0.15, 0.2) is 0 Å². The lowest BCUT2D eigenvalue weighted by Gasteiger charge is -2.27. The molecule has 0 amide bonds. The Bertz CT molecular complexity index is 91.6. The fourth-order valence-corrected chi connectivity index (χ4v) is 0.710. The molecule has 0 aromatic rings.